The van der Waals surface area contributed by atoms with Crippen LogP contribution in [-0.4, -0.2) is 20.2 Å². The zero-order valence-electron chi connectivity index (χ0n) is 9.66. The second-order valence-corrected chi connectivity index (χ2v) is 4.19. The number of nitrogens with one attached hydrogen (secondary N) is 2. The Kier molecular flexibility index (Phi) is 3.61. The van der Waals surface area contributed by atoms with E-state index < -0.39 is 11.7 Å². The van der Waals surface area contributed by atoms with Crippen LogP contribution >= 0.6 is 11.6 Å². The van der Waals surface area contributed by atoms with Gasteiger partial charge in [0.25, 0.3) is 0 Å². The van der Waals surface area contributed by atoms with E-state index in [1.54, 1.807) is 6.92 Å². The number of aromatic amines is 1. The molecule has 0 spiro atoms. The quantitative estimate of drug-likeness (QED) is 0.853. The van der Waals surface area contributed by atoms with Crippen molar-refractivity contribution in [3.8, 4) is 0 Å². The van der Waals surface area contributed by atoms with E-state index in [0.29, 0.717) is 5.82 Å². The van der Waals surface area contributed by atoms with Gasteiger partial charge in [0.2, 0.25) is 0 Å². The van der Waals surface area contributed by atoms with Gasteiger partial charge in [-0.3, -0.25) is 5.10 Å². The Balaban J connectivity index is 2.23. The molecule has 2 aromatic heterocycles. The molecule has 0 aliphatic heterocycles. The predicted molar refractivity (Wildman–Crippen MR) is 62.7 cm³/mol. The third-order valence-corrected chi connectivity index (χ3v) is 2.52. The van der Waals surface area contributed by atoms with Crippen LogP contribution < -0.4 is 5.32 Å². The SMILES string of the molecule is CC(Nc1cc(C(F)(F)F)cc(Cl)n1)c1ncn[nH]1. The van der Waals surface area contributed by atoms with Crippen molar-refractivity contribution in [3.63, 3.8) is 0 Å². The summed E-state index contributed by atoms with van der Waals surface area (Å²) in [5.74, 6) is 0.499. The maximum Gasteiger partial charge on any atom is 0.416 e. The lowest BCUT2D eigenvalue weighted by Gasteiger charge is -2.14. The molecule has 0 aliphatic rings. The Morgan fingerprint density at radius 1 is 1.37 bits per heavy atom. The van der Waals surface area contributed by atoms with Crippen molar-refractivity contribution < 1.29 is 13.2 Å². The largest absolute Gasteiger partial charge is 0.416 e. The predicted octanol–water partition coefficient (Wildman–Crippen LogP) is 3.04. The lowest BCUT2D eigenvalue weighted by Crippen LogP contribution is -2.12. The Morgan fingerprint density at radius 3 is 2.68 bits per heavy atom. The zero-order chi connectivity index (χ0) is 14.0. The van der Waals surface area contributed by atoms with Gasteiger partial charge >= 0.3 is 6.18 Å². The van der Waals surface area contributed by atoms with Crippen molar-refractivity contribution in [1.29, 1.82) is 0 Å². The normalized spacial score (nSPS) is 13.3. The van der Waals surface area contributed by atoms with Crippen molar-refractivity contribution in [3.05, 3.63) is 35.0 Å². The number of H-pyrrole nitrogens is 1. The monoisotopic (exact) mass is 291 g/mol. The highest BCUT2D eigenvalue weighted by atomic mass is 35.5. The number of hydrogen-bond donors (Lipinski definition) is 2. The summed E-state index contributed by atoms with van der Waals surface area (Å²) < 4.78 is 37.8. The molecule has 0 saturated heterocycles. The molecule has 9 heteroatoms. The third kappa shape index (κ3) is 3.34. The Bertz CT molecular complexity index is 555. The molecule has 0 radical (unpaired) electrons. The van der Waals surface area contributed by atoms with Gasteiger partial charge in [0.1, 0.15) is 23.1 Å². The van der Waals surface area contributed by atoms with Crippen molar-refractivity contribution in [2.75, 3.05) is 5.32 Å². The Morgan fingerprint density at radius 2 is 2.11 bits per heavy atom. The molecular weight excluding hydrogens is 283 g/mol. The van der Waals surface area contributed by atoms with Crippen LogP contribution in [0.3, 0.4) is 0 Å². The maximum absolute atomic E-state index is 12.6. The summed E-state index contributed by atoms with van der Waals surface area (Å²) in [6.07, 6.45) is -3.17. The highest BCUT2D eigenvalue weighted by Gasteiger charge is 2.31. The topological polar surface area (TPSA) is 66.5 Å². The van der Waals surface area contributed by atoms with Gasteiger partial charge in [-0.2, -0.15) is 18.3 Å². The van der Waals surface area contributed by atoms with Gasteiger partial charge in [-0.25, -0.2) is 9.97 Å². The maximum atomic E-state index is 12.6. The molecule has 2 heterocycles. The number of nitrogens with zero attached hydrogens (tertiary/aromatic N) is 3. The number of rotatable bonds is 3. The van der Waals surface area contributed by atoms with E-state index in [-0.39, 0.29) is 17.0 Å². The van der Waals surface area contributed by atoms with Crippen LogP contribution in [-0.2, 0) is 6.18 Å². The molecule has 2 aromatic rings. The highest BCUT2D eigenvalue weighted by molar-refractivity contribution is 6.29. The average molecular weight is 292 g/mol. The van der Waals surface area contributed by atoms with Gasteiger partial charge in [0, 0.05) is 0 Å². The molecule has 0 fully saturated rings. The van der Waals surface area contributed by atoms with E-state index in [0.717, 1.165) is 12.1 Å². The third-order valence-electron chi connectivity index (χ3n) is 2.33. The lowest BCUT2D eigenvalue weighted by atomic mass is 10.2. The number of anilines is 1. The van der Waals surface area contributed by atoms with Crippen molar-refractivity contribution in [2.45, 2.75) is 19.1 Å². The fourth-order valence-electron chi connectivity index (χ4n) is 1.45. The molecule has 0 amide bonds. The van der Waals surface area contributed by atoms with E-state index in [9.17, 15) is 13.2 Å². The van der Waals surface area contributed by atoms with Crippen LogP contribution in [0.25, 0.3) is 0 Å². The number of pyridine rings is 1. The zero-order valence-corrected chi connectivity index (χ0v) is 10.4. The van der Waals surface area contributed by atoms with Gasteiger partial charge in [-0.1, -0.05) is 11.6 Å². The summed E-state index contributed by atoms with van der Waals surface area (Å²) in [4.78, 5) is 7.68. The van der Waals surface area contributed by atoms with Crippen molar-refractivity contribution >= 4 is 17.4 Å². The molecule has 1 atom stereocenters. The summed E-state index contributed by atoms with van der Waals surface area (Å²) in [5.41, 5.74) is -0.861. The van der Waals surface area contributed by atoms with E-state index in [4.69, 9.17) is 11.6 Å². The van der Waals surface area contributed by atoms with E-state index in [1.807, 2.05) is 0 Å². The fraction of sp³-hybridized carbons (Fsp3) is 0.300. The summed E-state index contributed by atoms with van der Waals surface area (Å²) in [6.45, 7) is 1.70. The number of aromatic nitrogens is 4. The minimum atomic E-state index is -4.47. The summed E-state index contributed by atoms with van der Waals surface area (Å²) in [6, 6.07) is 1.28. The summed E-state index contributed by atoms with van der Waals surface area (Å²) in [7, 11) is 0. The summed E-state index contributed by atoms with van der Waals surface area (Å²) in [5, 5.41) is 8.80. The molecule has 0 aliphatic carbocycles. The first-order valence-corrected chi connectivity index (χ1v) is 5.60. The molecule has 19 heavy (non-hydrogen) atoms. The van der Waals surface area contributed by atoms with E-state index >= 15 is 0 Å². The fourth-order valence-corrected chi connectivity index (χ4v) is 1.66. The molecule has 1 unspecified atom stereocenters. The van der Waals surface area contributed by atoms with Gasteiger partial charge in [0.15, 0.2) is 0 Å². The van der Waals surface area contributed by atoms with Crippen LogP contribution in [0.4, 0.5) is 19.0 Å². The number of alkyl halides is 3. The van der Waals surface area contributed by atoms with Gasteiger partial charge in [0.05, 0.1) is 11.6 Å². The van der Waals surface area contributed by atoms with E-state index in [1.165, 1.54) is 6.33 Å². The second kappa shape index (κ2) is 5.04. The second-order valence-electron chi connectivity index (χ2n) is 3.80. The molecule has 2 rings (SSSR count). The number of hydrogen-bond acceptors (Lipinski definition) is 4. The molecule has 0 aromatic carbocycles. The van der Waals surface area contributed by atoms with Crippen LogP contribution in [0.1, 0.15) is 24.4 Å². The molecular formula is C10H9ClF3N5. The molecule has 0 saturated carbocycles. The van der Waals surface area contributed by atoms with Crippen LogP contribution in [0.15, 0.2) is 18.5 Å². The van der Waals surface area contributed by atoms with Crippen molar-refractivity contribution in [1.82, 2.24) is 20.2 Å². The Hall–Kier alpha value is -1.83. The first-order valence-electron chi connectivity index (χ1n) is 5.23. The van der Waals surface area contributed by atoms with Crippen LogP contribution in [0.2, 0.25) is 5.15 Å². The van der Waals surface area contributed by atoms with Gasteiger partial charge in [-0.15, -0.1) is 0 Å². The van der Waals surface area contributed by atoms with Crippen LogP contribution in [0.5, 0.6) is 0 Å². The molecule has 2 N–H and O–H groups in total. The summed E-state index contributed by atoms with van der Waals surface area (Å²) >= 11 is 5.58. The first-order chi connectivity index (χ1) is 8.86. The minimum absolute atomic E-state index is 0.0173. The molecule has 0 bridgehead atoms. The minimum Gasteiger partial charge on any atom is -0.360 e. The van der Waals surface area contributed by atoms with Crippen LogP contribution in [0, 0.1) is 0 Å². The highest BCUT2D eigenvalue weighted by Crippen LogP contribution is 2.32. The van der Waals surface area contributed by atoms with Gasteiger partial charge in [-0.05, 0) is 19.1 Å². The molecule has 5 nitrogen and oxygen atoms in total. The first kappa shape index (κ1) is 13.6. The Labute approximate surface area is 111 Å². The average Bonchev–Trinajstić information content (AvgIpc) is 2.80. The molecule has 102 valence electrons. The van der Waals surface area contributed by atoms with Crippen molar-refractivity contribution in [2.24, 2.45) is 0 Å². The standard InChI is InChI=1S/C10H9ClF3N5/c1-5(9-15-4-16-19-9)17-8-3-6(10(12,13)14)2-7(11)18-8/h2-5H,1H3,(H,17,18)(H,15,16,19). The van der Waals surface area contributed by atoms with Gasteiger partial charge < -0.3 is 5.32 Å². The smallest absolute Gasteiger partial charge is 0.360 e. The number of halogens is 4. The van der Waals surface area contributed by atoms with E-state index in [2.05, 4.69) is 25.5 Å². The lowest BCUT2D eigenvalue weighted by molar-refractivity contribution is -0.137.